The van der Waals surface area contributed by atoms with E-state index in [1.54, 1.807) is 18.3 Å². The van der Waals surface area contributed by atoms with Crippen LogP contribution in [0.1, 0.15) is 21.5 Å². The van der Waals surface area contributed by atoms with Crippen molar-refractivity contribution in [3.63, 3.8) is 0 Å². The number of nitrogens with zero attached hydrogens (tertiary/aromatic N) is 1. The third kappa shape index (κ3) is 2.51. The number of benzene rings is 1. The van der Waals surface area contributed by atoms with E-state index in [2.05, 4.69) is 4.98 Å². The number of hydrogen-bond donors (Lipinski definition) is 0. The summed E-state index contributed by atoms with van der Waals surface area (Å²) in [6, 6.07) is 8.15. The second kappa shape index (κ2) is 4.66. The molecule has 16 heavy (non-hydrogen) atoms. The molecule has 3 heteroatoms. The minimum atomic E-state index is -0.253. The van der Waals surface area contributed by atoms with Crippen molar-refractivity contribution in [3.05, 3.63) is 65.2 Å². The van der Waals surface area contributed by atoms with Gasteiger partial charge in [-0.2, -0.15) is 0 Å². The fraction of sp³-hybridized carbons (Fsp3) is 0.0769. The monoisotopic (exact) mass is 215 g/mol. The van der Waals surface area contributed by atoms with Crippen molar-refractivity contribution in [2.24, 2.45) is 0 Å². The average molecular weight is 215 g/mol. The molecule has 80 valence electrons. The molecule has 1 aromatic carbocycles. The number of carbonyl (C=O) groups excluding carboxylic acids is 1. The molecular formula is C13H10FNO. The molecule has 0 fully saturated rings. The standard InChI is InChI=1S/C13H10FNO/c14-13-3-1-2-10(6-13)4-11-5-12(9-16)8-15-7-11/h1-3,5-9H,4H2. The summed E-state index contributed by atoms with van der Waals surface area (Å²) in [6.07, 6.45) is 4.51. The summed E-state index contributed by atoms with van der Waals surface area (Å²) in [6.45, 7) is 0. The summed E-state index contributed by atoms with van der Waals surface area (Å²) in [5, 5.41) is 0. The molecule has 0 N–H and O–H groups in total. The van der Waals surface area contributed by atoms with Crippen LogP contribution in [-0.2, 0) is 6.42 Å². The normalized spacial score (nSPS) is 10.1. The van der Waals surface area contributed by atoms with Crippen molar-refractivity contribution in [2.75, 3.05) is 0 Å². The highest BCUT2D eigenvalue weighted by molar-refractivity contribution is 5.74. The van der Waals surface area contributed by atoms with Crippen molar-refractivity contribution in [1.82, 2.24) is 4.98 Å². The Morgan fingerprint density at radius 1 is 1.19 bits per heavy atom. The fourth-order valence-corrected chi connectivity index (χ4v) is 1.55. The van der Waals surface area contributed by atoms with Gasteiger partial charge in [-0.1, -0.05) is 12.1 Å². The molecule has 0 bridgehead atoms. The van der Waals surface area contributed by atoms with Crippen LogP contribution >= 0.6 is 0 Å². The van der Waals surface area contributed by atoms with Gasteiger partial charge in [0, 0.05) is 18.0 Å². The molecule has 0 atom stereocenters. The molecule has 2 aromatic rings. The highest BCUT2D eigenvalue weighted by Crippen LogP contribution is 2.10. The van der Waals surface area contributed by atoms with Crippen LogP contribution < -0.4 is 0 Å². The molecular weight excluding hydrogens is 205 g/mol. The van der Waals surface area contributed by atoms with Crippen molar-refractivity contribution in [1.29, 1.82) is 0 Å². The Bertz CT molecular complexity index is 511. The number of halogens is 1. The maximum Gasteiger partial charge on any atom is 0.151 e. The molecule has 1 aromatic heterocycles. The predicted molar refractivity (Wildman–Crippen MR) is 58.8 cm³/mol. The van der Waals surface area contributed by atoms with E-state index in [-0.39, 0.29) is 5.82 Å². The zero-order valence-electron chi connectivity index (χ0n) is 8.56. The molecule has 2 nitrogen and oxygen atoms in total. The smallest absolute Gasteiger partial charge is 0.151 e. The van der Waals surface area contributed by atoms with Gasteiger partial charge >= 0.3 is 0 Å². The number of aromatic nitrogens is 1. The van der Waals surface area contributed by atoms with E-state index in [0.717, 1.165) is 17.4 Å². The molecule has 0 unspecified atom stereocenters. The Labute approximate surface area is 92.8 Å². The number of rotatable bonds is 3. The quantitative estimate of drug-likeness (QED) is 0.737. The van der Waals surface area contributed by atoms with Crippen LogP contribution in [0.25, 0.3) is 0 Å². The number of aldehydes is 1. The van der Waals surface area contributed by atoms with Gasteiger partial charge in [-0.25, -0.2) is 4.39 Å². The summed E-state index contributed by atoms with van der Waals surface area (Å²) in [4.78, 5) is 14.5. The maximum atomic E-state index is 12.9. The second-order valence-corrected chi connectivity index (χ2v) is 3.55. The minimum Gasteiger partial charge on any atom is -0.298 e. The first-order valence-electron chi connectivity index (χ1n) is 4.91. The molecule has 0 saturated carbocycles. The van der Waals surface area contributed by atoms with Gasteiger partial charge in [-0.15, -0.1) is 0 Å². The van der Waals surface area contributed by atoms with Crippen LogP contribution in [0.3, 0.4) is 0 Å². The van der Waals surface area contributed by atoms with E-state index < -0.39 is 0 Å². The van der Waals surface area contributed by atoms with Gasteiger partial charge in [0.2, 0.25) is 0 Å². The summed E-state index contributed by atoms with van der Waals surface area (Å²) in [7, 11) is 0. The zero-order valence-corrected chi connectivity index (χ0v) is 8.56. The average Bonchev–Trinajstić information content (AvgIpc) is 2.29. The minimum absolute atomic E-state index is 0.253. The van der Waals surface area contributed by atoms with Crippen molar-refractivity contribution in [2.45, 2.75) is 6.42 Å². The number of hydrogen-bond acceptors (Lipinski definition) is 2. The molecule has 0 radical (unpaired) electrons. The summed E-state index contributed by atoms with van der Waals surface area (Å²) < 4.78 is 12.9. The van der Waals surface area contributed by atoms with Crippen LogP contribution in [0.5, 0.6) is 0 Å². The molecule has 0 aliphatic carbocycles. The van der Waals surface area contributed by atoms with Gasteiger partial charge in [0.1, 0.15) is 5.82 Å². The second-order valence-electron chi connectivity index (χ2n) is 3.55. The number of carbonyl (C=O) groups is 1. The first-order valence-corrected chi connectivity index (χ1v) is 4.91. The lowest BCUT2D eigenvalue weighted by Crippen LogP contribution is -1.92. The topological polar surface area (TPSA) is 30.0 Å². The van der Waals surface area contributed by atoms with Gasteiger partial charge in [0.25, 0.3) is 0 Å². The lowest BCUT2D eigenvalue weighted by Gasteiger charge is -2.02. The third-order valence-electron chi connectivity index (χ3n) is 2.25. The Morgan fingerprint density at radius 2 is 2.06 bits per heavy atom. The Morgan fingerprint density at radius 3 is 2.81 bits per heavy atom. The SMILES string of the molecule is O=Cc1cncc(Cc2cccc(F)c2)c1. The highest BCUT2D eigenvalue weighted by Gasteiger charge is 1.99. The first-order chi connectivity index (χ1) is 7.78. The Kier molecular flexibility index (Phi) is 3.05. The van der Waals surface area contributed by atoms with E-state index in [9.17, 15) is 9.18 Å². The van der Waals surface area contributed by atoms with Crippen LogP contribution in [0.4, 0.5) is 4.39 Å². The maximum absolute atomic E-state index is 12.9. The molecule has 0 saturated heterocycles. The van der Waals surface area contributed by atoms with Gasteiger partial charge in [0.05, 0.1) is 0 Å². The van der Waals surface area contributed by atoms with E-state index in [0.29, 0.717) is 12.0 Å². The van der Waals surface area contributed by atoms with Crippen LogP contribution in [0, 0.1) is 5.82 Å². The lowest BCUT2D eigenvalue weighted by molar-refractivity contribution is 0.112. The molecule has 2 rings (SSSR count). The molecule has 0 spiro atoms. The van der Waals surface area contributed by atoms with E-state index in [1.807, 2.05) is 6.07 Å². The van der Waals surface area contributed by atoms with Gasteiger partial charge in [0.15, 0.2) is 6.29 Å². The Balaban J connectivity index is 2.23. The molecule has 0 aliphatic heterocycles. The van der Waals surface area contributed by atoms with E-state index in [4.69, 9.17) is 0 Å². The van der Waals surface area contributed by atoms with E-state index >= 15 is 0 Å². The van der Waals surface area contributed by atoms with Crippen molar-refractivity contribution in [3.8, 4) is 0 Å². The Hall–Kier alpha value is -2.03. The molecule has 1 heterocycles. The van der Waals surface area contributed by atoms with Gasteiger partial charge < -0.3 is 0 Å². The van der Waals surface area contributed by atoms with Crippen molar-refractivity contribution < 1.29 is 9.18 Å². The number of pyridine rings is 1. The third-order valence-corrected chi connectivity index (χ3v) is 2.25. The predicted octanol–water partition coefficient (Wildman–Crippen LogP) is 2.62. The molecule has 0 aliphatic rings. The van der Waals surface area contributed by atoms with Crippen molar-refractivity contribution >= 4 is 6.29 Å². The summed E-state index contributed by atoms with van der Waals surface area (Å²) >= 11 is 0. The van der Waals surface area contributed by atoms with E-state index in [1.165, 1.54) is 18.3 Å². The zero-order chi connectivity index (χ0) is 11.4. The first kappa shape index (κ1) is 10.5. The summed E-state index contributed by atoms with van der Waals surface area (Å²) in [5.41, 5.74) is 2.30. The van der Waals surface area contributed by atoms with Gasteiger partial charge in [-0.05, 0) is 35.7 Å². The fourth-order valence-electron chi connectivity index (χ4n) is 1.55. The van der Waals surface area contributed by atoms with Crippen LogP contribution in [-0.4, -0.2) is 11.3 Å². The van der Waals surface area contributed by atoms with Crippen LogP contribution in [0.2, 0.25) is 0 Å². The van der Waals surface area contributed by atoms with Crippen LogP contribution in [0.15, 0.2) is 42.7 Å². The molecule has 0 amide bonds. The highest BCUT2D eigenvalue weighted by atomic mass is 19.1. The summed E-state index contributed by atoms with van der Waals surface area (Å²) in [5.74, 6) is -0.253. The largest absolute Gasteiger partial charge is 0.298 e. The lowest BCUT2D eigenvalue weighted by atomic mass is 10.1. The van der Waals surface area contributed by atoms with Gasteiger partial charge in [-0.3, -0.25) is 9.78 Å².